The molecule has 0 spiro atoms. The summed E-state index contributed by atoms with van der Waals surface area (Å²) in [5.74, 6) is 6.07. The van der Waals surface area contributed by atoms with E-state index in [-0.39, 0.29) is 16.0 Å². The molecule has 6 nitrogen and oxygen atoms in total. The number of fused-ring (bicyclic) bond motifs is 1. The van der Waals surface area contributed by atoms with Gasteiger partial charge in [0.25, 0.3) is 5.56 Å². The van der Waals surface area contributed by atoms with Crippen molar-refractivity contribution in [3.8, 4) is 0 Å². The first-order chi connectivity index (χ1) is 15.8. The first-order valence-corrected chi connectivity index (χ1v) is 13.2. The summed E-state index contributed by atoms with van der Waals surface area (Å²) < 4.78 is 1.68. The fraction of sp³-hybridized carbons (Fsp3) is 0.423. The van der Waals surface area contributed by atoms with Crippen molar-refractivity contribution in [1.82, 2.24) is 19.9 Å². The number of nitrogens with zero attached hydrogens (tertiary/aromatic N) is 2. The average molecular weight is 468 g/mol. The van der Waals surface area contributed by atoms with Gasteiger partial charge in [-0.05, 0) is 49.6 Å². The Morgan fingerprint density at radius 1 is 1.36 bits per heavy atom. The van der Waals surface area contributed by atoms with Crippen LogP contribution in [0.25, 0.3) is 10.9 Å². The predicted octanol–water partition coefficient (Wildman–Crippen LogP) is 5.19. The smallest absolute Gasteiger partial charge is 0.275 e. The van der Waals surface area contributed by atoms with E-state index in [0.717, 1.165) is 44.6 Å². The molecule has 1 aliphatic rings. The summed E-state index contributed by atoms with van der Waals surface area (Å²) in [6.45, 7) is 11.2. The minimum absolute atomic E-state index is 0.158. The molecule has 1 atom stereocenters. The second kappa shape index (κ2) is 11.4. The Morgan fingerprint density at radius 3 is 2.76 bits per heavy atom. The molecule has 3 heterocycles. The van der Waals surface area contributed by atoms with Gasteiger partial charge >= 0.3 is 0 Å². The highest BCUT2D eigenvalue weighted by molar-refractivity contribution is 8.14. The fourth-order valence-corrected chi connectivity index (χ4v) is 5.60. The zero-order chi connectivity index (χ0) is 24.0. The molecule has 0 bridgehead atoms. The number of hydrogen-bond acceptors (Lipinski definition) is 4. The lowest BCUT2D eigenvalue weighted by molar-refractivity contribution is 0.353. The highest BCUT2D eigenvalue weighted by Gasteiger charge is 2.20. The fourth-order valence-electron chi connectivity index (χ4n) is 3.78. The number of aromatic amines is 1. The van der Waals surface area contributed by atoms with Crippen molar-refractivity contribution in [2.45, 2.75) is 64.4 Å². The van der Waals surface area contributed by atoms with Crippen molar-refractivity contribution in [2.75, 3.05) is 11.5 Å². The van der Waals surface area contributed by atoms with E-state index < -0.39 is 0 Å². The van der Waals surface area contributed by atoms with Crippen molar-refractivity contribution < 1.29 is 0 Å². The van der Waals surface area contributed by atoms with Gasteiger partial charge in [0.1, 0.15) is 5.69 Å². The summed E-state index contributed by atoms with van der Waals surface area (Å²) in [5, 5.41) is 4.40. The van der Waals surface area contributed by atoms with Crippen LogP contribution in [-0.2, 0) is 13.1 Å². The molecule has 1 fully saturated rings. The monoisotopic (exact) mass is 467 g/mol. The van der Waals surface area contributed by atoms with E-state index >= 15 is 0 Å². The number of pyridine rings is 2. The van der Waals surface area contributed by atoms with Crippen LogP contribution in [-0.4, -0.2) is 26.2 Å². The molecule has 3 aromatic heterocycles. The van der Waals surface area contributed by atoms with Gasteiger partial charge in [0.05, 0.1) is 30.5 Å². The van der Waals surface area contributed by atoms with Crippen molar-refractivity contribution >= 4 is 32.9 Å². The summed E-state index contributed by atoms with van der Waals surface area (Å²) in [4.78, 5) is 21.4. The maximum absolute atomic E-state index is 12.9. The molecule has 0 aromatic carbocycles. The summed E-state index contributed by atoms with van der Waals surface area (Å²) >= 11 is 0. The van der Waals surface area contributed by atoms with E-state index in [2.05, 4.69) is 41.6 Å². The summed E-state index contributed by atoms with van der Waals surface area (Å²) in [7, 11) is -0.239. The van der Waals surface area contributed by atoms with E-state index in [1.54, 1.807) is 4.57 Å². The predicted molar refractivity (Wildman–Crippen MR) is 143 cm³/mol. The Bertz CT molecular complexity index is 1190. The van der Waals surface area contributed by atoms with Crippen LogP contribution < -0.4 is 16.6 Å². The molecule has 4 N–H and O–H groups in total. The van der Waals surface area contributed by atoms with Gasteiger partial charge in [0.15, 0.2) is 0 Å². The van der Waals surface area contributed by atoms with Gasteiger partial charge in [-0.1, -0.05) is 39.1 Å². The quantitative estimate of drug-likeness (QED) is 0.398. The lowest BCUT2D eigenvalue weighted by atomic mass is 9.87. The molecule has 3 aromatic rings. The number of rotatable bonds is 8. The third-order valence-corrected chi connectivity index (χ3v) is 7.68. The van der Waals surface area contributed by atoms with Crippen LogP contribution in [0.2, 0.25) is 0 Å². The lowest BCUT2D eigenvalue weighted by Crippen LogP contribution is -2.29. The second-order valence-electron chi connectivity index (χ2n) is 8.82. The molecule has 178 valence electrons. The van der Waals surface area contributed by atoms with E-state index in [4.69, 9.17) is 5.73 Å². The number of nitrogens with two attached hydrogens (primary N) is 1. The zero-order valence-corrected chi connectivity index (χ0v) is 20.9. The minimum atomic E-state index is -0.239. The Labute approximate surface area is 199 Å². The average Bonchev–Trinajstić information content (AvgIpc) is 3.23. The Hall–Kier alpha value is -2.80. The summed E-state index contributed by atoms with van der Waals surface area (Å²) in [5.41, 5.74) is 9.96. The van der Waals surface area contributed by atoms with E-state index in [0.29, 0.717) is 18.8 Å². The van der Waals surface area contributed by atoms with Gasteiger partial charge in [-0.3, -0.25) is 9.78 Å². The topological polar surface area (TPSA) is 88.7 Å². The lowest BCUT2D eigenvalue weighted by Gasteiger charge is -2.27. The first-order valence-electron chi connectivity index (χ1n) is 11.7. The van der Waals surface area contributed by atoms with E-state index in [9.17, 15) is 4.79 Å². The highest BCUT2D eigenvalue weighted by Crippen LogP contribution is 2.37. The third-order valence-electron chi connectivity index (χ3n) is 5.84. The number of H-pyrrole nitrogens is 1. The van der Waals surface area contributed by atoms with Gasteiger partial charge in [-0.15, -0.1) is 0 Å². The van der Waals surface area contributed by atoms with E-state index in [1.165, 1.54) is 25.7 Å². The third kappa shape index (κ3) is 6.16. The van der Waals surface area contributed by atoms with Crippen LogP contribution in [0.1, 0.15) is 50.9 Å². The Balaban J connectivity index is 0.000000968. The molecule has 0 radical (unpaired) electrons. The second-order valence-corrected chi connectivity index (χ2v) is 10.6. The summed E-state index contributed by atoms with van der Waals surface area (Å²) in [6.07, 6.45) is 8.82. The minimum Gasteiger partial charge on any atom is -0.393 e. The van der Waals surface area contributed by atoms with Crippen LogP contribution in [0.4, 0.5) is 5.69 Å². The SMILES string of the molecule is C=C(Cn1c(C)cc(S(=C)CC2CCC2)c(N)c1=O)NCc1cc2cc[nH]c2cn1.CCC. The maximum atomic E-state index is 12.9. The molecular formula is C26H37N5OS. The molecular weight excluding hydrogens is 430 g/mol. The Kier molecular flexibility index (Phi) is 8.55. The van der Waals surface area contributed by atoms with Gasteiger partial charge in [-0.25, -0.2) is 0 Å². The number of aromatic nitrogens is 3. The first kappa shape index (κ1) is 24.8. The molecule has 4 rings (SSSR count). The van der Waals surface area contributed by atoms with Gasteiger partial charge in [0, 0.05) is 27.9 Å². The number of hydrogen-bond donors (Lipinski definition) is 3. The molecule has 33 heavy (non-hydrogen) atoms. The number of aryl methyl sites for hydroxylation is 1. The van der Waals surface area contributed by atoms with Crippen LogP contribution in [0.5, 0.6) is 0 Å². The van der Waals surface area contributed by atoms with Crippen LogP contribution in [0.3, 0.4) is 0 Å². The number of anilines is 1. The molecule has 1 unspecified atom stereocenters. The van der Waals surface area contributed by atoms with Gasteiger partial charge in [-0.2, -0.15) is 10.5 Å². The largest absolute Gasteiger partial charge is 0.393 e. The molecule has 0 amide bonds. The van der Waals surface area contributed by atoms with Crippen molar-refractivity contribution in [3.05, 3.63) is 64.6 Å². The molecule has 1 aliphatic carbocycles. The van der Waals surface area contributed by atoms with Crippen molar-refractivity contribution in [1.29, 1.82) is 0 Å². The molecule has 0 aliphatic heterocycles. The molecule has 0 saturated heterocycles. The number of nitrogens with one attached hydrogen (secondary N) is 2. The number of allylic oxidation sites excluding steroid dienone is 1. The van der Waals surface area contributed by atoms with Crippen LogP contribution in [0.15, 0.2) is 52.6 Å². The highest BCUT2D eigenvalue weighted by atomic mass is 32.2. The van der Waals surface area contributed by atoms with Gasteiger partial charge in [0.2, 0.25) is 0 Å². The standard InChI is InChI=1S/C23H29N5OS.C3H8/c1-15(26-11-19-10-18-7-8-25-20(18)12-27-19)13-28-16(2)9-21(22(24)23(28)29)30(3)14-17-5-4-6-17;1-3-2/h7-10,12,17,25-26H,1,3-6,11,13-14,24H2,2H3;3H2,1-2H3. The van der Waals surface area contributed by atoms with Crippen LogP contribution in [0, 0.1) is 12.8 Å². The molecule has 7 heteroatoms. The summed E-state index contributed by atoms with van der Waals surface area (Å²) in [6, 6.07) is 6.08. The normalized spacial score (nSPS) is 14.3. The Morgan fingerprint density at radius 2 is 2.09 bits per heavy atom. The zero-order valence-electron chi connectivity index (χ0n) is 20.1. The van der Waals surface area contributed by atoms with Crippen LogP contribution >= 0.6 is 10.5 Å². The van der Waals surface area contributed by atoms with Crippen molar-refractivity contribution in [3.63, 3.8) is 0 Å². The molecule has 1 saturated carbocycles. The van der Waals surface area contributed by atoms with E-state index in [1.807, 2.05) is 37.5 Å². The maximum Gasteiger partial charge on any atom is 0.275 e. The number of nitrogen functional groups attached to an aromatic ring is 1. The van der Waals surface area contributed by atoms with Crippen molar-refractivity contribution in [2.24, 2.45) is 5.92 Å². The van der Waals surface area contributed by atoms with Gasteiger partial charge < -0.3 is 20.6 Å².